The number of nitriles is 1. The fraction of sp³-hybridized carbons (Fsp3) is 0.562. The van der Waals surface area contributed by atoms with E-state index in [1.165, 1.54) is 5.56 Å². The monoisotopic (exact) mass is 257 g/mol. The van der Waals surface area contributed by atoms with Gasteiger partial charge in [-0.25, -0.2) is 0 Å². The van der Waals surface area contributed by atoms with E-state index >= 15 is 0 Å². The molecule has 1 aromatic rings. The maximum Gasteiger partial charge on any atom is 0.0638 e. The van der Waals surface area contributed by atoms with Crippen LogP contribution >= 0.6 is 0 Å². The first-order valence-corrected chi connectivity index (χ1v) is 6.89. The Bertz CT molecular complexity index is 447. The Kier molecular flexibility index (Phi) is 4.24. The summed E-state index contributed by atoms with van der Waals surface area (Å²) in [5.41, 5.74) is 1.49. The van der Waals surface area contributed by atoms with Crippen LogP contribution in [-0.4, -0.2) is 41.5 Å². The molecular formula is C16H23N3. The van der Waals surface area contributed by atoms with Crippen LogP contribution in [0.4, 0.5) is 0 Å². The number of hydrogen-bond acceptors (Lipinski definition) is 3. The number of piperazine rings is 1. The fourth-order valence-electron chi connectivity index (χ4n) is 2.89. The molecule has 1 aromatic carbocycles. The van der Waals surface area contributed by atoms with E-state index in [1.54, 1.807) is 0 Å². The Morgan fingerprint density at radius 2 is 2.00 bits per heavy atom. The molecule has 0 aromatic heterocycles. The molecular weight excluding hydrogens is 234 g/mol. The number of hydrogen-bond donors (Lipinski definition) is 0. The van der Waals surface area contributed by atoms with Gasteiger partial charge in [0.05, 0.1) is 12.5 Å². The zero-order valence-corrected chi connectivity index (χ0v) is 12.1. The van der Waals surface area contributed by atoms with Crippen molar-refractivity contribution in [2.45, 2.75) is 38.4 Å². The Balaban J connectivity index is 2.11. The van der Waals surface area contributed by atoms with Crippen molar-refractivity contribution < 1.29 is 0 Å². The summed E-state index contributed by atoms with van der Waals surface area (Å²) in [7, 11) is 2.13. The molecule has 0 aliphatic carbocycles. The van der Waals surface area contributed by atoms with E-state index in [1.807, 2.05) is 0 Å². The Labute approximate surface area is 116 Å². The van der Waals surface area contributed by atoms with Crippen LogP contribution in [0.15, 0.2) is 30.3 Å². The van der Waals surface area contributed by atoms with E-state index in [0.29, 0.717) is 12.5 Å². The minimum Gasteiger partial charge on any atom is -0.299 e. The molecule has 1 heterocycles. The molecule has 0 spiro atoms. The lowest BCUT2D eigenvalue weighted by molar-refractivity contribution is -0.00897. The summed E-state index contributed by atoms with van der Waals surface area (Å²) in [5, 5.41) is 8.95. The number of rotatable bonds is 3. The van der Waals surface area contributed by atoms with Crippen molar-refractivity contribution in [1.29, 1.82) is 5.26 Å². The molecule has 1 unspecified atom stereocenters. The second-order valence-corrected chi connectivity index (χ2v) is 6.11. The molecule has 0 radical (unpaired) electrons. The van der Waals surface area contributed by atoms with E-state index < -0.39 is 0 Å². The van der Waals surface area contributed by atoms with Gasteiger partial charge in [-0.15, -0.1) is 0 Å². The van der Waals surface area contributed by atoms with Crippen molar-refractivity contribution in [2.75, 3.05) is 20.1 Å². The first-order chi connectivity index (χ1) is 9.03. The second-order valence-electron chi connectivity index (χ2n) is 6.11. The van der Waals surface area contributed by atoms with Gasteiger partial charge in [0.1, 0.15) is 0 Å². The molecule has 1 fully saturated rings. The normalized spacial score (nSPS) is 24.0. The molecule has 1 atom stereocenters. The molecule has 0 N–H and O–H groups in total. The van der Waals surface area contributed by atoms with Gasteiger partial charge in [-0.1, -0.05) is 30.3 Å². The predicted molar refractivity (Wildman–Crippen MR) is 77.6 cm³/mol. The van der Waals surface area contributed by atoms with Crippen LogP contribution in [0.5, 0.6) is 0 Å². The lowest BCUT2D eigenvalue weighted by atomic mass is 9.94. The van der Waals surface area contributed by atoms with Gasteiger partial charge in [0.15, 0.2) is 0 Å². The molecule has 19 heavy (non-hydrogen) atoms. The van der Waals surface area contributed by atoms with Crippen molar-refractivity contribution in [3.05, 3.63) is 35.9 Å². The molecule has 0 amide bonds. The van der Waals surface area contributed by atoms with Gasteiger partial charge < -0.3 is 0 Å². The van der Waals surface area contributed by atoms with Gasteiger partial charge in [0.25, 0.3) is 0 Å². The van der Waals surface area contributed by atoms with Crippen LogP contribution in [0.3, 0.4) is 0 Å². The van der Waals surface area contributed by atoms with Crippen molar-refractivity contribution in [3.63, 3.8) is 0 Å². The summed E-state index contributed by atoms with van der Waals surface area (Å²) < 4.78 is 0. The largest absolute Gasteiger partial charge is 0.299 e. The Morgan fingerprint density at radius 3 is 2.63 bits per heavy atom. The highest BCUT2D eigenvalue weighted by molar-refractivity contribution is 5.15. The number of likely N-dealkylation sites (N-methyl/N-ethyl adjacent to an activating group) is 1. The first kappa shape index (κ1) is 14.0. The number of benzene rings is 1. The van der Waals surface area contributed by atoms with E-state index in [2.05, 4.69) is 67.1 Å². The van der Waals surface area contributed by atoms with Crippen molar-refractivity contribution >= 4 is 0 Å². The second kappa shape index (κ2) is 5.73. The molecule has 2 rings (SSSR count). The molecule has 1 aliphatic heterocycles. The van der Waals surface area contributed by atoms with Gasteiger partial charge in [0.2, 0.25) is 0 Å². The maximum absolute atomic E-state index is 8.95. The highest BCUT2D eigenvalue weighted by Crippen LogP contribution is 2.26. The van der Waals surface area contributed by atoms with Crippen LogP contribution < -0.4 is 0 Å². The van der Waals surface area contributed by atoms with Crippen LogP contribution in [0.2, 0.25) is 0 Å². The SMILES string of the molecule is CN1CC(C)(C)N(Cc2ccccc2)CC1CC#N. The predicted octanol–water partition coefficient (Wildman–Crippen LogP) is 2.49. The van der Waals surface area contributed by atoms with Gasteiger partial charge in [-0.3, -0.25) is 9.80 Å². The minimum atomic E-state index is 0.149. The summed E-state index contributed by atoms with van der Waals surface area (Å²) >= 11 is 0. The summed E-state index contributed by atoms with van der Waals surface area (Å²) in [6.07, 6.45) is 0.609. The first-order valence-electron chi connectivity index (χ1n) is 6.89. The molecule has 102 valence electrons. The Hall–Kier alpha value is -1.37. The molecule has 0 bridgehead atoms. The third-order valence-corrected chi connectivity index (χ3v) is 4.09. The molecule has 1 aliphatic rings. The van der Waals surface area contributed by atoms with Crippen LogP contribution in [0, 0.1) is 11.3 Å². The van der Waals surface area contributed by atoms with Crippen LogP contribution in [0.1, 0.15) is 25.8 Å². The highest BCUT2D eigenvalue weighted by Gasteiger charge is 2.36. The lowest BCUT2D eigenvalue weighted by Gasteiger charge is -2.49. The maximum atomic E-state index is 8.95. The topological polar surface area (TPSA) is 30.3 Å². The van der Waals surface area contributed by atoms with E-state index in [4.69, 9.17) is 5.26 Å². The van der Waals surface area contributed by atoms with Gasteiger partial charge in [0, 0.05) is 31.2 Å². The molecule has 3 nitrogen and oxygen atoms in total. The van der Waals surface area contributed by atoms with E-state index in [9.17, 15) is 0 Å². The average Bonchev–Trinajstić information content (AvgIpc) is 2.36. The summed E-state index contributed by atoms with van der Waals surface area (Å²) in [6, 6.07) is 13.2. The molecule has 0 saturated carbocycles. The standard InChI is InChI=1S/C16H23N3/c1-16(2)13-18(3)15(9-10-17)12-19(16)11-14-7-5-4-6-8-14/h4-8,15H,9,11-13H2,1-3H3. The van der Waals surface area contributed by atoms with E-state index in [-0.39, 0.29) is 5.54 Å². The van der Waals surface area contributed by atoms with Gasteiger partial charge in [-0.05, 0) is 26.5 Å². The highest BCUT2D eigenvalue weighted by atomic mass is 15.3. The molecule has 1 saturated heterocycles. The van der Waals surface area contributed by atoms with Crippen LogP contribution in [-0.2, 0) is 6.54 Å². The zero-order valence-electron chi connectivity index (χ0n) is 12.1. The fourth-order valence-corrected chi connectivity index (χ4v) is 2.89. The van der Waals surface area contributed by atoms with Gasteiger partial charge >= 0.3 is 0 Å². The average molecular weight is 257 g/mol. The zero-order chi connectivity index (χ0) is 13.9. The summed E-state index contributed by atoms with van der Waals surface area (Å²) in [5.74, 6) is 0. The number of nitrogens with zero attached hydrogens (tertiary/aromatic N) is 3. The van der Waals surface area contributed by atoms with Crippen molar-refractivity contribution in [2.24, 2.45) is 0 Å². The van der Waals surface area contributed by atoms with Crippen molar-refractivity contribution in [3.8, 4) is 6.07 Å². The summed E-state index contributed by atoms with van der Waals surface area (Å²) in [4.78, 5) is 4.83. The smallest absolute Gasteiger partial charge is 0.0638 e. The van der Waals surface area contributed by atoms with E-state index in [0.717, 1.165) is 19.6 Å². The summed E-state index contributed by atoms with van der Waals surface area (Å²) in [6.45, 7) is 7.51. The quantitative estimate of drug-likeness (QED) is 0.833. The lowest BCUT2D eigenvalue weighted by Crippen LogP contribution is -2.61. The molecule has 3 heteroatoms. The third kappa shape index (κ3) is 3.34. The van der Waals surface area contributed by atoms with Gasteiger partial charge in [-0.2, -0.15) is 5.26 Å². The minimum absolute atomic E-state index is 0.149. The Morgan fingerprint density at radius 1 is 1.32 bits per heavy atom. The third-order valence-electron chi connectivity index (χ3n) is 4.09. The van der Waals surface area contributed by atoms with Crippen LogP contribution in [0.25, 0.3) is 0 Å². The van der Waals surface area contributed by atoms with Crippen molar-refractivity contribution in [1.82, 2.24) is 9.80 Å².